The van der Waals surface area contributed by atoms with Crippen LogP contribution in [0.15, 0.2) is 47.0 Å². The minimum absolute atomic E-state index is 0.00450. The van der Waals surface area contributed by atoms with Gasteiger partial charge < -0.3 is 9.42 Å². The Morgan fingerprint density at radius 3 is 2.80 bits per heavy atom. The molecule has 1 aliphatic heterocycles. The number of likely N-dealkylation sites (tertiary alicyclic amines) is 1. The van der Waals surface area contributed by atoms with E-state index in [2.05, 4.69) is 22.3 Å². The van der Waals surface area contributed by atoms with Crippen LogP contribution in [0.2, 0.25) is 0 Å². The van der Waals surface area contributed by atoms with E-state index in [9.17, 15) is 9.18 Å². The molecule has 30 heavy (non-hydrogen) atoms. The molecule has 0 spiro atoms. The molecule has 3 aromatic rings. The molecule has 0 radical (unpaired) electrons. The Balaban J connectivity index is 1.32. The normalized spacial score (nSPS) is 18.8. The second-order valence-corrected chi connectivity index (χ2v) is 8.25. The Hall–Kier alpha value is -3.02. The topological polar surface area (TPSA) is 59.2 Å². The number of amides is 1. The van der Waals surface area contributed by atoms with E-state index >= 15 is 0 Å². The van der Waals surface area contributed by atoms with Gasteiger partial charge in [-0.3, -0.25) is 4.79 Å². The van der Waals surface area contributed by atoms with Crippen LogP contribution < -0.4 is 0 Å². The molecule has 0 bridgehead atoms. The predicted octanol–water partition coefficient (Wildman–Crippen LogP) is 4.77. The molecule has 1 aromatic heterocycles. The molecule has 5 rings (SSSR count). The summed E-state index contributed by atoms with van der Waals surface area (Å²) >= 11 is 0. The van der Waals surface area contributed by atoms with Gasteiger partial charge in [-0.15, -0.1) is 0 Å². The maximum Gasteiger partial charge on any atom is 0.253 e. The number of carbonyl (C=O) groups is 1. The highest BCUT2D eigenvalue weighted by atomic mass is 19.1. The molecular formula is C24H24FN3O2. The van der Waals surface area contributed by atoms with Crippen LogP contribution in [0.1, 0.15) is 59.0 Å². The second-order valence-electron chi connectivity index (χ2n) is 8.25. The molecule has 1 fully saturated rings. The lowest BCUT2D eigenvalue weighted by Gasteiger charge is -2.31. The Morgan fingerprint density at radius 1 is 1.07 bits per heavy atom. The molecule has 1 aliphatic carbocycles. The predicted molar refractivity (Wildman–Crippen MR) is 111 cm³/mol. The van der Waals surface area contributed by atoms with Crippen molar-refractivity contribution in [2.24, 2.45) is 0 Å². The number of rotatable bonds is 3. The van der Waals surface area contributed by atoms with E-state index in [4.69, 9.17) is 4.52 Å². The lowest BCUT2D eigenvalue weighted by molar-refractivity contribution is 0.0695. The molecule has 154 valence electrons. The van der Waals surface area contributed by atoms with Gasteiger partial charge in [0.2, 0.25) is 11.7 Å². The fraction of sp³-hybridized carbons (Fsp3) is 0.375. The van der Waals surface area contributed by atoms with Crippen molar-refractivity contribution < 1.29 is 13.7 Å². The maximum atomic E-state index is 13.5. The number of nitrogens with zero attached hydrogens (tertiary/aromatic N) is 3. The molecule has 2 aromatic carbocycles. The number of hydrogen-bond donors (Lipinski definition) is 0. The van der Waals surface area contributed by atoms with Gasteiger partial charge in [-0.05, 0) is 73.9 Å². The standard InChI is InChI=1S/C24H24FN3O2/c25-21-9-3-7-18(14-21)22-26-23(30-27-22)20-8-4-12-28(15-20)24(29)19-11-10-16-5-1-2-6-17(16)13-19/h3,7,9-11,13-14,20H,1-2,4-6,8,12,15H2. The fourth-order valence-electron chi connectivity index (χ4n) is 4.56. The molecule has 0 N–H and O–H groups in total. The SMILES string of the molecule is O=C(c1ccc2c(c1)CCCC2)N1CCCC(c2nc(-c3cccc(F)c3)no2)C1. The van der Waals surface area contributed by atoms with Gasteiger partial charge in [0.25, 0.3) is 5.91 Å². The van der Waals surface area contributed by atoms with Crippen LogP contribution in [-0.2, 0) is 12.8 Å². The van der Waals surface area contributed by atoms with Gasteiger partial charge in [-0.1, -0.05) is 23.4 Å². The largest absolute Gasteiger partial charge is 0.339 e. The second kappa shape index (κ2) is 8.01. The first kappa shape index (κ1) is 19.0. The highest BCUT2D eigenvalue weighted by Crippen LogP contribution is 2.29. The third-order valence-electron chi connectivity index (χ3n) is 6.18. The number of halogens is 1. The van der Waals surface area contributed by atoms with E-state index in [-0.39, 0.29) is 17.6 Å². The molecule has 1 saturated heterocycles. The van der Waals surface area contributed by atoms with E-state index in [1.54, 1.807) is 12.1 Å². The maximum absolute atomic E-state index is 13.5. The summed E-state index contributed by atoms with van der Waals surface area (Å²) in [6.07, 6.45) is 6.37. The third-order valence-corrected chi connectivity index (χ3v) is 6.18. The highest BCUT2D eigenvalue weighted by Gasteiger charge is 2.29. The molecule has 6 heteroatoms. The fourth-order valence-corrected chi connectivity index (χ4v) is 4.56. The van der Waals surface area contributed by atoms with Crippen LogP contribution in [0.5, 0.6) is 0 Å². The van der Waals surface area contributed by atoms with Gasteiger partial charge in [0.05, 0.1) is 5.92 Å². The summed E-state index contributed by atoms with van der Waals surface area (Å²) in [5.41, 5.74) is 4.05. The monoisotopic (exact) mass is 405 g/mol. The summed E-state index contributed by atoms with van der Waals surface area (Å²) in [4.78, 5) is 19.5. The van der Waals surface area contributed by atoms with E-state index in [1.807, 2.05) is 11.0 Å². The number of fused-ring (bicyclic) bond motifs is 1. The first-order chi connectivity index (χ1) is 14.7. The van der Waals surface area contributed by atoms with Crippen LogP contribution in [0.3, 0.4) is 0 Å². The molecule has 1 unspecified atom stereocenters. The molecule has 1 atom stereocenters. The molecule has 2 aliphatic rings. The summed E-state index contributed by atoms with van der Waals surface area (Å²) < 4.78 is 19.0. The quantitative estimate of drug-likeness (QED) is 0.630. The zero-order chi connectivity index (χ0) is 20.5. The molecular weight excluding hydrogens is 381 g/mol. The van der Waals surface area contributed by atoms with Crippen LogP contribution in [0.4, 0.5) is 4.39 Å². The Morgan fingerprint density at radius 2 is 1.93 bits per heavy atom. The summed E-state index contributed by atoms with van der Waals surface area (Å²) in [5.74, 6) is 0.617. The van der Waals surface area contributed by atoms with Gasteiger partial charge in [0, 0.05) is 24.2 Å². The Kier molecular flexibility index (Phi) is 5.07. The van der Waals surface area contributed by atoms with E-state index in [0.717, 1.165) is 37.8 Å². The van der Waals surface area contributed by atoms with Crippen molar-refractivity contribution in [1.29, 1.82) is 0 Å². The first-order valence-corrected chi connectivity index (χ1v) is 10.7. The zero-order valence-electron chi connectivity index (χ0n) is 16.8. The van der Waals surface area contributed by atoms with Gasteiger partial charge in [-0.2, -0.15) is 4.98 Å². The lowest BCUT2D eigenvalue weighted by Crippen LogP contribution is -2.39. The van der Waals surface area contributed by atoms with E-state index in [1.165, 1.54) is 36.1 Å². The van der Waals surface area contributed by atoms with Gasteiger partial charge in [0.1, 0.15) is 5.82 Å². The Bertz CT molecular complexity index is 1080. The first-order valence-electron chi connectivity index (χ1n) is 10.7. The summed E-state index contributed by atoms with van der Waals surface area (Å²) in [6.45, 7) is 1.29. The Labute approximate surface area is 174 Å². The summed E-state index contributed by atoms with van der Waals surface area (Å²) in [7, 11) is 0. The summed E-state index contributed by atoms with van der Waals surface area (Å²) in [6, 6.07) is 12.3. The highest BCUT2D eigenvalue weighted by molar-refractivity contribution is 5.94. The third kappa shape index (κ3) is 3.74. The number of aromatic nitrogens is 2. The minimum atomic E-state index is -0.335. The van der Waals surface area contributed by atoms with Crippen molar-refractivity contribution in [2.75, 3.05) is 13.1 Å². The van der Waals surface area contributed by atoms with Crippen molar-refractivity contribution in [3.05, 3.63) is 70.9 Å². The van der Waals surface area contributed by atoms with Crippen LogP contribution in [0, 0.1) is 5.82 Å². The minimum Gasteiger partial charge on any atom is -0.339 e. The number of carbonyl (C=O) groups excluding carboxylic acids is 1. The molecule has 0 saturated carbocycles. The van der Waals surface area contributed by atoms with Gasteiger partial charge in [-0.25, -0.2) is 4.39 Å². The van der Waals surface area contributed by atoms with E-state index < -0.39 is 0 Å². The van der Waals surface area contributed by atoms with Crippen molar-refractivity contribution in [3.8, 4) is 11.4 Å². The van der Waals surface area contributed by atoms with Crippen LogP contribution >= 0.6 is 0 Å². The van der Waals surface area contributed by atoms with Crippen molar-refractivity contribution >= 4 is 5.91 Å². The molecule has 5 nitrogen and oxygen atoms in total. The van der Waals surface area contributed by atoms with Gasteiger partial charge >= 0.3 is 0 Å². The van der Waals surface area contributed by atoms with Gasteiger partial charge in [0.15, 0.2) is 0 Å². The summed E-state index contributed by atoms with van der Waals surface area (Å²) in [5, 5.41) is 4.02. The average Bonchev–Trinajstić information content (AvgIpc) is 3.29. The van der Waals surface area contributed by atoms with Crippen LogP contribution in [0.25, 0.3) is 11.4 Å². The van der Waals surface area contributed by atoms with Crippen LogP contribution in [-0.4, -0.2) is 34.0 Å². The van der Waals surface area contributed by atoms with Crippen molar-refractivity contribution in [2.45, 2.75) is 44.4 Å². The lowest BCUT2D eigenvalue weighted by atomic mass is 9.90. The van der Waals surface area contributed by atoms with E-state index in [0.29, 0.717) is 23.8 Å². The number of benzene rings is 2. The number of hydrogen-bond acceptors (Lipinski definition) is 4. The molecule has 1 amide bonds. The molecule has 2 heterocycles. The smallest absolute Gasteiger partial charge is 0.253 e. The van der Waals surface area contributed by atoms with Crippen molar-refractivity contribution in [3.63, 3.8) is 0 Å². The zero-order valence-corrected chi connectivity index (χ0v) is 16.8. The number of piperidine rings is 1. The van der Waals surface area contributed by atoms with Crippen molar-refractivity contribution in [1.82, 2.24) is 15.0 Å². The average molecular weight is 405 g/mol. The number of aryl methyl sites for hydroxylation is 2.